The lowest BCUT2D eigenvalue weighted by molar-refractivity contribution is 0.0580. The Morgan fingerprint density at radius 1 is 0.970 bits per heavy atom. The number of hydrogen-bond donors (Lipinski definition) is 0. The third kappa shape index (κ3) is 5.58. The van der Waals surface area contributed by atoms with E-state index in [-0.39, 0.29) is 6.09 Å². The van der Waals surface area contributed by atoms with Gasteiger partial charge >= 0.3 is 6.09 Å². The van der Waals surface area contributed by atoms with Gasteiger partial charge in [0, 0.05) is 45.8 Å². The molecule has 1 aromatic heterocycles. The largest absolute Gasteiger partial charge is 0.443 e. The fourth-order valence-corrected chi connectivity index (χ4v) is 4.54. The highest BCUT2D eigenvalue weighted by molar-refractivity contribution is 5.95. The van der Waals surface area contributed by atoms with E-state index in [1.807, 2.05) is 51.2 Å². The Balaban J connectivity index is 1.47. The minimum absolute atomic E-state index is 0.311. The van der Waals surface area contributed by atoms with Gasteiger partial charge in [0.1, 0.15) is 11.4 Å². The second-order valence-corrected chi connectivity index (χ2v) is 10.3. The predicted octanol–water partition coefficient (Wildman–Crippen LogP) is 4.75. The molecule has 2 aromatic rings. The fourth-order valence-electron chi connectivity index (χ4n) is 4.54. The summed E-state index contributed by atoms with van der Waals surface area (Å²) in [6, 6.07) is 12.2. The van der Waals surface area contributed by atoms with Crippen molar-refractivity contribution in [3.8, 4) is 0 Å². The molecular formula is C26H37N5O2. The van der Waals surface area contributed by atoms with E-state index in [1.165, 1.54) is 12.2 Å². The number of anilines is 4. The zero-order chi connectivity index (χ0) is 23.6. The van der Waals surface area contributed by atoms with Crippen LogP contribution in [0.2, 0.25) is 0 Å². The minimum Gasteiger partial charge on any atom is -0.443 e. The van der Waals surface area contributed by atoms with E-state index >= 15 is 0 Å². The molecule has 1 saturated heterocycles. The molecule has 1 amide bonds. The Morgan fingerprint density at radius 2 is 1.67 bits per heavy atom. The zero-order valence-corrected chi connectivity index (χ0v) is 20.6. The summed E-state index contributed by atoms with van der Waals surface area (Å²) in [5.74, 6) is 1.60. The van der Waals surface area contributed by atoms with Crippen molar-refractivity contribution in [3.63, 3.8) is 0 Å². The standard InChI is InChI=1S/C26H37N5O2/c1-20(2)19-28-12-14-29(15-13-28)21-10-11-24(27-18-21)30-16-17-31(25(32)33-26(3,4)5)23-9-7-6-8-22(23)30/h6-11,18,20H,12-17,19H2,1-5H3. The molecule has 0 spiro atoms. The molecule has 0 unspecified atom stereocenters. The van der Waals surface area contributed by atoms with Gasteiger partial charge in [0.15, 0.2) is 0 Å². The quantitative estimate of drug-likeness (QED) is 0.669. The number of rotatable bonds is 4. The number of fused-ring (bicyclic) bond motifs is 1. The van der Waals surface area contributed by atoms with Crippen molar-refractivity contribution < 1.29 is 9.53 Å². The Bertz CT molecular complexity index is 946. The maximum atomic E-state index is 12.8. The fraction of sp³-hybridized carbons (Fsp3) is 0.538. The zero-order valence-electron chi connectivity index (χ0n) is 20.6. The summed E-state index contributed by atoms with van der Waals surface area (Å²) < 4.78 is 5.63. The molecule has 33 heavy (non-hydrogen) atoms. The highest BCUT2D eigenvalue weighted by Crippen LogP contribution is 2.37. The predicted molar refractivity (Wildman–Crippen MR) is 135 cm³/mol. The number of carbonyl (C=O) groups is 1. The summed E-state index contributed by atoms with van der Waals surface area (Å²) in [6.45, 7) is 16.9. The molecule has 4 rings (SSSR count). The van der Waals surface area contributed by atoms with E-state index in [4.69, 9.17) is 9.72 Å². The van der Waals surface area contributed by atoms with Crippen LogP contribution in [0.3, 0.4) is 0 Å². The van der Waals surface area contributed by atoms with Gasteiger partial charge in [-0.05, 0) is 51.0 Å². The van der Waals surface area contributed by atoms with E-state index in [2.05, 4.69) is 40.7 Å². The van der Waals surface area contributed by atoms with E-state index in [0.29, 0.717) is 19.0 Å². The van der Waals surface area contributed by atoms with Crippen LogP contribution in [0.4, 0.5) is 27.7 Å². The van der Waals surface area contributed by atoms with Gasteiger partial charge in [-0.1, -0.05) is 26.0 Å². The van der Waals surface area contributed by atoms with Gasteiger partial charge in [0.25, 0.3) is 0 Å². The van der Waals surface area contributed by atoms with Crippen LogP contribution in [0.5, 0.6) is 0 Å². The van der Waals surface area contributed by atoms with E-state index in [1.54, 1.807) is 4.90 Å². The van der Waals surface area contributed by atoms with Gasteiger partial charge in [-0.3, -0.25) is 9.80 Å². The molecule has 0 aliphatic carbocycles. The summed E-state index contributed by atoms with van der Waals surface area (Å²) in [7, 11) is 0. The molecule has 0 N–H and O–H groups in total. The Hall–Kier alpha value is -2.80. The molecule has 0 radical (unpaired) electrons. The lowest BCUT2D eigenvalue weighted by Gasteiger charge is -2.38. The number of ether oxygens (including phenoxy) is 1. The van der Waals surface area contributed by atoms with Crippen molar-refractivity contribution in [2.24, 2.45) is 5.92 Å². The highest BCUT2D eigenvalue weighted by atomic mass is 16.6. The van der Waals surface area contributed by atoms with Crippen LogP contribution in [0, 0.1) is 5.92 Å². The summed E-state index contributed by atoms with van der Waals surface area (Å²) >= 11 is 0. The normalized spacial score (nSPS) is 17.3. The van der Waals surface area contributed by atoms with Crippen LogP contribution < -0.4 is 14.7 Å². The van der Waals surface area contributed by atoms with Crippen molar-refractivity contribution in [2.45, 2.75) is 40.2 Å². The third-order valence-electron chi connectivity index (χ3n) is 5.99. The molecule has 0 atom stereocenters. The number of nitrogens with zero attached hydrogens (tertiary/aromatic N) is 5. The SMILES string of the molecule is CC(C)CN1CCN(c2ccc(N3CCN(C(=O)OC(C)(C)C)c4ccccc43)nc2)CC1. The number of pyridine rings is 1. The second kappa shape index (κ2) is 9.59. The van der Waals surface area contributed by atoms with Crippen molar-refractivity contribution in [2.75, 3.05) is 60.5 Å². The molecule has 178 valence electrons. The van der Waals surface area contributed by atoms with Crippen LogP contribution in [0.25, 0.3) is 0 Å². The van der Waals surface area contributed by atoms with Crippen LogP contribution in [0.15, 0.2) is 42.6 Å². The molecule has 7 nitrogen and oxygen atoms in total. The number of piperazine rings is 1. The minimum atomic E-state index is -0.527. The molecule has 1 fully saturated rings. The first-order valence-electron chi connectivity index (χ1n) is 12.0. The number of carbonyl (C=O) groups excluding carboxylic acids is 1. The van der Waals surface area contributed by atoms with Crippen molar-refractivity contribution in [3.05, 3.63) is 42.6 Å². The Morgan fingerprint density at radius 3 is 2.27 bits per heavy atom. The molecular weight excluding hydrogens is 414 g/mol. The number of aromatic nitrogens is 1. The van der Waals surface area contributed by atoms with Crippen molar-refractivity contribution >= 4 is 29.0 Å². The summed E-state index contributed by atoms with van der Waals surface area (Å²) in [4.78, 5) is 26.5. The highest BCUT2D eigenvalue weighted by Gasteiger charge is 2.31. The van der Waals surface area contributed by atoms with Crippen LogP contribution >= 0.6 is 0 Å². The monoisotopic (exact) mass is 451 g/mol. The van der Waals surface area contributed by atoms with Crippen molar-refractivity contribution in [1.82, 2.24) is 9.88 Å². The summed E-state index contributed by atoms with van der Waals surface area (Å²) in [5, 5.41) is 0. The number of benzene rings is 1. The number of para-hydroxylation sites is 2. The number of hydrogen-bond acceptors (Lipinski definition) is 6. The van der Waals surface area contributed by atoms with Gasteiger partial charge in [-0.15, -0.1) is 0 Å². The van der Waals surface area contributed by atoms with E-state index in [0.717, 1.165) is 43.4 Å². The molecule has 3 heterocycles. The van der Waals surface area contributed by atoms with Crippen molar-refractivity contribution in [1.29, 1.82) is 0 Å². The Labute approximate surface area is 197 Å². The lowest BCUT2D eigenvalue weighted by atomic mass is 10.1. The van der Waals surface area contributed by atoms with Crippen LogP contribution in [0.1, 0.15) is 34.6 Å². The average Bonchev–Trinajstić information content (AvgIpc) is 2.77. The first-order valence-corrected chi connectivity index (χ1v) is 12.0. The van der Waals surface area contributed by atoms with Gasteiger partial charge in [-0.2, -0.15) is 0 Å². The molecule has 0 saturated carbocycles. The smallest absolute Gasteiger partial charge is 0.414 e. The molecule has 7 heteroatoms. The van der Waals surface area contributed by atoms with Gasteiger partial charge in [0.05, 0.1) is 23.3 Å². The van der Waals surface area contributed by atoms with Crippen LogP contribution in [-0.2, 0) is 4.74 Å². The first-order chi connectivity index (χ1) is 15.7. The maximum absolute atomic E-state index is 12.8. The summed E-state index contributed by atoms with van der Waals surface area (Å²) in [6.07, 6.45) is 1.67. The second-order valence-electron chi connectivity index (χ2n) is 10.3. The summed E-state index contributed by atoms with van der Waals surface area (Å²) in [5.41, 5.74) is 2.46. The molecule has 2 aliphatic heterocycles. The average molecular weight is 452 g/mol. The Kier molecular flexibility index (Phi) is 6.79. The molecule has 2 aliphatic rings. The van der Waals surface area contributed by atoms with Gasteiger partial charge < -0.3 is 14.5 Å². The molecule has 1 aromatic carbocycles. The third-order valence-corrected chi connectivity index (χ3v) is 5.99. The van der Waals surface area contributed by atoms with Gasteiger partial charge in [0.2, 0.25) is 0 Å². The van der Waals surface area contributed by atoms with Gasteiger partial charge in [-0.25, -0.2) is 9.78 Å². The van der Waals surface area contributed by atoms with E-state index in [9.17, 15) is 4.79 Å². The van der Waals surface area contributed by atoms with Crippen LogP contribution in [-0.4, -0.2) is 67.4 Å². The lowest BCUT2D eigenvalue weighted by Crippen LogP contribution is -2.47. The first kappa shape index (κ1) is 23.4. The topological polar surface area (TPSA) is 52.2 Å². The van der Waals surface area contributed by atoms with E-state index < -0.39 is 5.60 Å². The molecule has 0 bridgehead atoms. The number of amides is 1. The maximum Gasteiger partial charge on any atom is 0.414 e.